The third-order valence-electron chi connectivity index (χ3n) is 4.83. The van der Waals surface area contributed by atoms with Gasteiger partial charge in [0, 0.05) is 24.8 Å². The average Bonchev–Trinajstić information content (AvgIpc) is 2.50. The topological polar surface area (TPSA) is 35.6 Å². The number of amides is 2. The minimum absolute atomic E-state index is 0.0534. The molecule has 4 heteroatoms. The summed E-state index contributed by atoms with van der Waals surface area (Å²) < 4.78 is 0. The lowest BCUT2D eigenvalue weighted by molar-refractivity contribution is 0.120. The van der Waals surface area contributed by atoms with E-state index in [-0.39, 0.29) is 6.03 Å². The lowest BCUT2D eigenvalue weighted by Crippen LogP contribution is -2.50. The number of benzene rings is 1. The summed E-state index contributed by atoms with van der Waals surface area (Å²) in [4.78, 5) is 17.1. The lowest BCUT2D eigenvalue weighted by Gasteiger charge is -2.40. The van der Waals surface area contributed by atoms with Gasteiger partial charge in [0.2, 0.25) is 0 Å². The highest BCUT2D eigenvalue weighted by Gasteiger charge is 2.31. The molecule has 1 heterocycles. The molecular weight excluding hydrogens is 286 g/mol. The quantitative estimate of drug-likeness (QED) is 0.914. The van der Waals surface area contributed by atoms with E-state index in [0.29, 0.717) is 12.0 Å². The van der Waals surface area contributed by atoms with Crippen molar-refractivity contribution < 1.29 is 4.79 Å². The first-order valence-corrected chi connectivity index (χ1v) is 8.68. The van der Waals surface area contributed by atoms with Crippen molar-refractivity contribution in [2.75, 3.05) is 32.5 Å². The highest BCUT2D eigenvalue weighted by molar-refractivity contribution is 5.91. The van der Waals surface area contributed by atoms with E-state index in [0.717, 1.165) is 42.7 Å². The van der Waals surface area contributed by atoms with Gasteiger partial charge in [0.25, 0.3) is 0 Å². The first-order valence-electron chi connectivity index (χ1n) is 8.68. The Kier molecular flexibility index (Phi) is 6.05. The number of rotatable bonds is 4. The van der Waals surface area contributed by atoms with Crippen LogP contribution in [-0.2, 0) is 0 Å². The van der Waals surface area contributed by atoms with Crippen molar-refractivity contribution in [1.82, 2.24) is 9.80 Å². The van der Waals surface area contributed by atoms with Crippen LogP contribution in [0.4, 0.5) is 10.5 Å². The zero-order valence-corrected chi connectivity index (χ0v) is 15.2. The SMILES string of the molecule is Cc1cccc(C)c1NC(=O)N1CCCC[C@@H]1[C@H](C)CN(C)C. The van der Waals surface area contributed by atoms with Crippen molar-refractivity contribution >= 4 is 11.7 Å². The number of nitrogens with zero attached hydrogens (tertiary/aromatic N) is 2. The van der Waals surface area contributed by atoms with E-state index >= 15 is 0 Å². The van der Waals surface area contributed by atoms with E-state index in [1.165, 1.54) is 6.42 Å². The van der Waals surface area contributed by atoms with Gasteiger partial charge in [0.15, 0.2) is 0 Å². The minimum Gasteiger partial charge on any atom is -0.321 e. The van der Waals surface area contributed by atoms with Crippen molar-refractivity contribution in [2.45, 2.75) is 46.1 Å². The van der Waals surface area contributed by atoms with E-state index in [1.807, 2.05) is 32.0 Å². The van der Waals surface area contributed by atoms with Gasteiger partial charge in [-0.15, -0.1) is 0 Å². The fraction of sp³-hybridized carbons (Fsp3) is 0.632. The van der Waals surface area contributed by atoms with Crippen LogP contribution in [0.1, 0.15) is 37.3 Å². The van der Waals surface area contributed by atoms with Crippen LogP contribution in [0.5, 0.6) is 0 Å². The number of carbonyl (C=O) groups excluding carboxylic acids is 1. The normalized spacial score (nSPS) is 19.7. The van der Waals surface area contributed by atoms with Gasteiger partial charge in [-0.1, -0.05) is 25.1 Å². The maximum atomic E-state index is 12.9. The molecule has 1 aliphatic heterocycles. The van der Waals surface area contributed by atoms with Crippen LogP contribution in [0.25, 0.3) is 0 Å². The second-order valence-corrected chi connectivity index (χ2v) is 7.19. The summed E-state index contributed by atoms with van der Waals surface area (Å²) >= 11 is 0. The van der Waals surface area contributed by atoms with Crippen LogP contribution < -0.4 is 5.32 Å². The van der Waals surface area contributed by atoms with Crippen LogP contribution in [-0.4, -0.2) is 49.1 Å². The van der Waals surface area contributed by atoms with E-state index in [2.05, 4.69) is 36.1 Å². The molecule has 2 rings (SSSR count). The lowest BCUT2D eigenvalue weighted by atomic mass is 9.91. The third-order valence-corrected chi connectivity index (χ3v) is 4.83. The van der Waals surface area contributed by atoms with E-state index in [1.54, 1.807) is 0 Å². The maximum absolute atomic E-state index is 12.9. The Hall–Kier alpha value is -1.55. The second-order valence-electron chi connectivity index (χ2n) is 7.19. The Balaban J connectivity index is 2.12. The summed E-state index contributed by atoms with van der Waals surface area (Å²) in [5.74, 6) is 0.481. The number of para-hydroxylation sites is 1. The van der Waals surface area contributed by atoms with Crippen molar-refractivity contribution in [2.24, 2.45) is 5.92 Å². The summed E-state index contributed by atoms with van der Waals surface area (Å²) in [6.07, 6.45) is 3.43. The Labute approximate surface area is 140 Å². The molecule has 0 radical (unpaired) electrons. The Morgan fingerprint density at radius 1 is 1.30 bits per heavy atom. The number of likely N-dealkylation sites (tertiary alicyclic amines) is 1. The molecule has 1 saturated heterocycles. The number of piperidine rings is 1. The molecule has 0 saturated carbocycles. The molecule has 23 heavy (non-hydrogen) atoms. The number of anilines is 1. The molecule has 4 nitrogen and oxygen atoms in total. The molecule has 0 spiro atoms. The van der Waals surface area contributed by atoms with Crippen LogP contribution in [0.3, 0.4) is 0 Å². The molecule has 1 aromatic carbocycles. The summed E-state index contributed by atoms with van der Waals surface area (Å²) in [6, 6.07) is 6.51. The number of hydrogen-bond acceptors (Lipinski definition) is 2. The summed E-state index contributed by atoms with van der Waals surface area (Å²) in [5, 5.41) is 3.16. The van der Waals surface area contributed by atoms with Gasteiger partial charge in [-0.3, -0.25) is 0 Å². The van der Waals surface area contributed by atoms with Crippen molar-refractivity contribution in [3.8, 4) is 0 Å². The van der Waals surface area contributed by atoms with Crippen LogP contribution in [0.15, 0.2) is 18.2 Å². The van der Waals surface area contributed by atoms with Gasteiger partial charge < -0.3 is 15.1 Å². The number of aryl methyl sites for hydroxylation is 2. The highest BCUT2D eigenvalue weighted by atomic mass is 16.2. The molecule has 1 N–H and O–H groups in total. The second kappa shape index (κ2) is 7.82. The van der Waals surface area contributed by atoms with Crippen LogP contribution in [0, 0.1) is 19.8 Å². The monoisotopic (exact) mass is 317 g/mol. The number of nitrogens with one attached hydrogen (secondary N) is 1. The van der Waals surface area contributed by atoms with Gasteiger partial charge in [0.1, 0.15) is 0 Å². The summed E-state index contributed by atoms with van der Waals surface area (Å²) in [7, 11) is 4.20. The molecule has 1 aliphatic rings. The van der Waals surface area contributed by atoms with Gasteiger partial charge in [-0.2, -0.15) is 0 Å². The molecular formula is C19H31N3O. The van der Waals surface area contributed by atoms with Gasteiger partial charge in [-0.25, -0.2) is 4.79 Å². The minimum atomic E-state index is 0.0534. The molecule has 1 aromatic rings. The predicted octanol–water partition coefficient (Wildman–Crippen LogP) is 3.89. The first-order chi connectivity index (χ1) is 10.9. The maximum Gasteiger partial charge on any atom is 0.322 e. The molecule has 0 aromatic heterocycles. The molecule has 128 valence electrons. The molecule has 0 aliphatic carbocycles. The Bertz CT molecular complexity index is 521. The Morgan fingerprint density at radius 3 is 2.57 bits per heavy atom. The molecule has 1 fully saturated rings. The van der Waals surface area contributed by atoms with Gasteiger partial charge in [0.05, 0.1) is 0 Å². The third kappa shape index (κ3) is 4.47. The molecule has 2 atom stereocenters. The predicted molar refractivity (Wildman–Crippen MR) is 97.0 cm³/mol. The zero-order chi connectivity index (χ0) is 17.0. The number of hydrogen-bond donors (Lipinski definition) is 1. The van der Waals surface area contributed by atoms with Crippen LogP contribution in [0.2, 0.25) is 0 Å². The number of urea groups is 1. The molecule has 0 unspecified atom stereocenters. The van der Waals surface area contributed by atoms with Crippen molar-refractivity contribution in [3.63, 3.8) is 0 Å². The Morgan fingerprint density at radius 2 is 1.96 bits per heavy atom. The average molecular weight is 317 g/mol. The molecule has 2 amide bonds. The molecule has 0 bridgehead atoms. The standard InChI is InChI=1S/C19H31N3O/c1-14-9-8-10-15(2)18(14)20-19(23)22-12-7-6-11-17(22)16(3)13-21(4)5/h8-10,16-17H,6-7,11-13H2,1-5H3,(H,20,23)/t16-,17-/m1/s1. The van der Waals surface area contributed by atoms with E-state index < -0.39 is 0 Å². The smallest absolute Gasteiger partial charge is 0.321 e. The first kappa shape index (κ1) is 17.8. The highest BCUT2D eigenvalue weighted by Crippen LogP contribution is 2.26. The van der Waals surface area contributed by atoms with Crippen molar-refractivity contribution in [1.29, 1.82) is 0 Å². The summed E-state index contributed by atoms with van der Waals surface area (Å²) in [6.45, 7) is 8.22. The summed E-state index contributed by atoms with van der Waals surface area (Å²) in [5.41, 5.74) is 3.20. The fourth-order valence-electron chi connectivity index (χ4n) is 3.69. The van der Waals surface area contributed by atoms with E-state index in [9.17, 15) is 4.79 Å². The van der Waals surface area contributed by atoms with Gasteiger partial charge >= 0.3 is 6.03 Å². The zero-order valence-electron chi connectivity index (χ0n) is 15.2. The van der Waals surface area contributed by atoms with Crippen molar-refractivity contribution in [3.05, 3.63) is 29.3 Å². The number of carbonyl (C=O) groups is 1. The van der Waals surface area contributed by atoms with Gasteiger partial charge in [-0.05, 0) is 64.3 Å². The largest absolute Gasteiger partial charge is 0.322 e. The van der Waals surface area contributed by atoms with E-state index in [4.69, 9.17) is 0 Å². The fourth-order valence-corrected chi connectivity index (χ4v) is 3.69. The van der Waals surface area contributed by atoms with Crippen LogP contribution >= 0.6 is 0 Å².